The first-order valence-electron chi connectivity index (χ1n) is 9.72. The number of carbonyl (C=O) groups excluding carboxylic acids is 1. The maximum atomic E-state index is 12.4. The summed E-state index contributed by atoms with van der Waals surface area (Å²) in [5.41, 5.74) is 1.85. The van der Waals surface area contributed by atoms with E-state index < -0.39 is 17.4 Å². The van der Waals surface area contributed by atoms with Gasteiger partial charge in [0.2, 0.25) is 0 Å². The van der Waals surface area contributed by atoms with Crippen LogP contribution in [-0.2, 0) is 11.2 Å². The minimum atomic E-state index is -0.564. The number of hydrogen-bond acceptors (Lipinski definition) is 7. The molecule has 0 spiro atoms. The Morgan fingerprint density at radius 2 is 1.72 bits per heavy atom. The number of anilines is 1. The van der Waals surface area contributed by atoms with Gasteiger partial charge in [-0.25, -0.2) is 0 Å². The normalized spacial score (nSPS) is 10.5. The number of hydrogen-bond donors (Lipinski definition) is 1. The lowest BCUT2D eigenvalue weighted by atomic mass is 10.1. The van der Waals surface area contributed by atoms with Crippen LogP contribution in [0.5, 0.6) is 5.75 Å². The van der Waals surface area contributed by atoms with Crippen molar-refractivity contribution >= 4 is 17.3 Å². The van der Waals surface area contributed by atoms with Crippen molar-refractivity contribution in [3.63, 3.8) is 0 Å². The minimum absolute atomic E-state index is 0.0170. The summed E-state index contributed by atoms with van der Waals surface area (Å²) in [4.78, 5) is 27.4. The Kier molecular flexibility index (Phi) is 6.17. The van der Waals surface area contributed by atoms with Gasteiger partial charge in [-0.3, -0.25) is 14.9 Å². The summed E-state index contributed by atoms with van der Waals surface area (Å²) in [5, 5.41) is 17.8. The Labute approximate surface area is 182 Å². The second-order valence-electron chi connectivity index (χ2n) is 6.79. The molecule has 0 fully saturated rings. The first kappa shape index (κ1) is 20.7. The quantitative estimate of drug-likeness (QED) is 0.328. The molecule has 3 aromatic carbocycles. The number of para-hydroxylation sites is 3. The topological polar surface area (TPSA) is 120 Å². The Hall–Kier alpha value is -4.53. The summed E-state index contributed by atoms with van der Waals surface area (Å²) in [6.07, 6.45) is 0.516. The van der Waals surface area contributed by atoms with Gasteiger partial charge in [-0.05, 0) is 23.8 Å². The van der Waals surface area contributed by atoms with Crippen molar-refractivity contribution in [2.75, 3.05) is 11.9 Å². The molecule has 4 aromatic rings. The molecular formula is C23H18N4O5. The van der Waals surface area contributed by atoms with E-state index in [-0.39, 0.29) is 17.3 Å². The van der Waals surface area contributed by atoms with Gasteiger partial charge in [0.05, 0.1) is 16.2 Å². The Morgan fingerprint density at radius 1 is 1.00 bits per heavy atom. The molecule has 1 aromatic heterocycles. The molecule has 32 heavy (non-hydrogen) atoms. The number of nitrogens with one attached hydrogen (secondary N) is 1. The van der Waals surface area contributed by atoms with Crippen LogP contribution in [-0.4, -0.2) is 27.6 Å². The Balaban J connectivity index is 1.45. The molecule has 9 heteroatoms. The lowest BCUT2D eigenvalue weighted by Crippen LogP contribution is -2.20. The van der Waals surface area contributed by atoms with Crippen LogP contribution in [0.25, 0.3) is 11.5 Å². The molecule has 9 nitrogen and oxygen atoms in total. The van der Waals surface area contributed by atoms with Crippen LogP contribution < -0.4 is 10.1 Å². The Bertz CT molecular complexity index is 1240. The highest BCUT2D eigenvalue weighted by molar-refractivity contribution is 5.95. The summed E-state index contributed by atoms with van der Waals surface area (Å²) < 4.78 is 10.7. The molecule has 0 saturated carbocycles. The third-order valence-electron chi connectivity index (χ3n) is 4.53. The smallest absolute Gasteiger partial charge is 0.310 e. The lowest BCUT2D eigenvalue weighted by molar-refractivity contribution is -0.385. The molecule has 4 rings (SSSR count). The zero-order valence-electron chi connectivity index (χ0n) is 16.8. The maximum absolute atomic E-state index is 12.4. The van der Waals surface area contributed by atoms with Crippen molar-refractivity contribution in [2.45, 2.75) is 6.42 Å². The maximum Gasteiger partial charge on any atom is 0.310 e. The Morgan fingerprint density at radius 3 is 2.53 bits per heavy atom. The highest BCUT2D eigenvalue weighted by Crippen LogP contribution is 2.28. The fourth-order valence-corrected chi connectivity index (χ4v) is 3.05. The van der Waals surface area contributed by atoms with Crippen molar-refractivity contribution in [1.29, 1.82) is 0 Å². The van der Waals surface area contributed by atoms with Crippen LogP contribution in [0.15, 0.2) is 83.4 Å². The summed E-state index contributed by atoms with van der Waals surface area (Å²) in [5.74, 6) is 0.321. The van der Waals surface area contributed by atoms with Crippen molar-refractivity contribution in [3.05, 3.63) is 100 Å². The highest BCUT2D eigenvalue weighted by atomic mass is 16.6. The second kappa shape index (κ2) is 9.52. The molecule has 1 heterocycles. The molecular weight excluding hydrogens is 412 g/mol. The zero-order valence-corrected chi connectivity index (χ0v) is 16.8. The van der Waals surface area contributed by atoms with Crippen molar-refractivity contribution < 1.29 is 19.0 Å². The van der Waals surface area contributed by atoms with Gasteiger partial charge in [-0.2, -0.15) is 4.98 Å². The van der Waals surface area contributed by atoms with Crippen LogP contribution in [0.1, 0.15) is 11.4 Å². The number of nitrogens with zero attached hydrogens (tertiary/aromatic N) is 3. The fourth-order valence-electron chi connectivity index (χ4n) is 3.05. The minimum Gasteiger partial charge on any atom is -0.477 e. The van der Waals surface area contributed by atoms with Gasteiger partial charge in [-0.15, -0.1) is 0 Å². The van der Waals surface area contributed by atoms with Crippen LogP contribution >= 0.6 is 0 Å². The SMILES string of the molecule is O=C(COc1ccccc1[N+](=O)[O-])Nc1ccccc1-c1nc(Cc2ccccc2)no1. The number of nitro groups is 1. The number of amides is 1. The van der Waals surface area contributed by atoms with Gasteiger partial charge in [0.1, 0.15) is 0 Å². The monoisotopic (exact) mass is 430 g/mol. The van der Waals surface area contributed by atoms with Crippen LogP contribution in [0.3, 0.4) is 0 Å². The molecule has 1 N–H and O–H groups in total. The van der Waals surface area contributed by atoms with Crippen LogP contribution in [0.4, 0.5) is 11.4 Å². The average Bonchev–Trinajstić information content (AvgIpc) is 3.27. The summed E-state index contributed by atoms with van der Waals surface area (Å²) in [6, 6.07) is 22.6. The second-order valence-corrected chi connectivity index (χ2v) is 6.79. The first-order valence-corrected chi connectivity index (χ1v) is 9.72. The lowest BCUT2D eigenvalue weighted by Gasteiger charge is -2.10. The van der Waals surface area contributed by atoms with Gasteiger partial charge in [0.25, 0.3) is 11.8 Å². The number of nitro benzene ring substituents is 1. The van der Waals surface area contributed by atoms with Crippen LogP contribution in [0, 0.1) is 10.1 Å². The molecule has 1 amide bonds. The van der Waals surface area contributed by atoms with Gasteiger partial charge in [0, 0.05) is 12.5 Å². The number of ether oxygens (including phenoxy) is 1. The number of carbonyl (C=O) groups is 1. The third kappa shape index (κ3) is 4.96. The van der Waals surface area contributed by atoms with E-state index in [2.05, 4.69) is 15.5 Å². The molecule has 0 aliphatic carbocycles. The summed E-state index contributed by atoms with van der Waals surface area (Å²) >= 11 is 0. The van der Waals surface area contributed by atoms with E-state index in [0.717, 1.165) is 5.56 Å². The molecule has 160 valence electrons. The zero-order chi connectivity index (χ0) is 22.3. The number of aromatic nitrogens is 2. The van der Waals surface area contributed by atoms with E-state index in [4.69, 9.17) is 9.26 Å². The van der Waals surface area contributed by atoms with E-state index in [1.54, 1.807) is 30.3 Å². The third-order valence-corrected chi connectivity index (χ3v) is 4.53. The van der Waals surface area contributed by atoms with Crippen molar-refractivity contribution in [3.8, 4) is 17.2 Å². The van der Waals surface area contributed by atoms with E-state index in [9.17, 15) is 14.9 Å². The molecule has 0 saturated heterocycles. The largest absolute Gasteiger partial charge is 0.477 e. The molecule has 0 bridgehead atoms. The van der Waals surface area contributed by atoms with E-state index in [1.165, 1.54) is 18.2 Å². The standard InChI is InChI=1S/C23H18N4O5/c28-22(15-31-20-13-7-6-12-19(20)27(29)30)24-18-11-5-4-10-17(18)23-25-21(26-32-23)14-16-8-2-1-3-9-16/h1-13H,14-15H2,(H,24,28). The highest BCUT2D eigenvalue weighted by Gasteiger charge is 2.17. The molecule has 0 radical (unpaired) electrons. The number of benzene rings is 3. The molecule has 0 atom stereocenters. The predicted octanol–water partition coefficient (Wildman–Crippen LogP) is 4.25. The molecule has 0 unspecified atom stereocenters. The van der Waals surface area contributed by atoms with Gasteiger partial charge in [-0.1, -0.05) is 59.8 Å². The predicted molar refractivity (Wildman–Crippen MR) is 116 cm³/mol. The van der Waals surface area contributed by atoms with Gasteiger partial charge < -0.3 is 14.6 Å². The van der Waals surface area contributed by atoms with E-state index >= 15 is 0 Å². The van der Waals surface area contributed by atoms with Gasteiger partial charge >= 0.3 is 5.69 Å². The molecule has 0 aliphatic heterocycles. The fraction of sp³-hybridized carbons (Fsp3) is 0.0870. The van der Waals surface area contributed by atoms with E-state index in [0.29, 0.717) is 23.5 Å². The summed E-state index contributed by atoms with van der Waals surface area (Å²) in [6.45, 7) is -0.401. The summed E-state index contributed by atoms with van der Waals surface area (Å²) in [7, 11) is 0. The first-order chi connectivity index (χ1) is 15.6. The van der Waals surface area contributed by atoms with Crippen molar-refractivity contribution in [1.82, 2.24) is 10.1 Å². The van der Waals surface area contributed by atoms with Crippen molar-refractivity contribution in [2.24, 2.45) is 0 Å². The average molecular weight is 430 g/mol. The van der Waals surface area contributed by atoms with E-state index in [1.807, 2.05) is 30.3 Å². The molecule has 0 aliphatic rings. The van der Waals surface area contributed by atoms with Crippen LogP contribution in [0.2, 0.25) is 0 Å². The number of rotatable bonds is 8. The van der Waals surface area contributed by atoms with Gasteiger partial charge in [0.15, 0.2) is 18.2 Å².